The molecular weight excluding hydrogens is 268 g/mol. The maximum absolute atomic E-state index is 9.94. The smallest absolute Gasteiger partial charge is 0.136 e. The number of ether oxygens (including phenoxy) is 1. The Kier molecular flexibility index (Phi) is 4.83. The van der Waals surface area contributed by atoms with E-state index in [1.807, 2.05) is 31.2 Å². The van der Waals surface area contributed by atoms with Crippen LogP contribution in [0.5, 0.6) is 0 Å². The van der Waals surface area contributed by atoms with Crippen molar-refractivity contribution in [2.75, 3.05) is 6.61 Å². The second kappa shape index (κ2) is 6.21. The first-order chi connectivity index (χ1) is 9.04. The summed E-state index contributed by atoms with van der Waals surface area (Å²) in [6, 6.07) is 7.61. The van der Waals surface area contributed by atoms with Crippen LogP contribution in [0.4, 0.5) is 0 Å². The summed E-state index contributed by atoms with van der Waals surface area (Å²) in [5, 5.41) is 38.5. The van der Waals surface area contributed by atoms with E-state index in [9.17, 15) is 15.3 Å². The summed E-state index contributed by atoms with van der Waals surface area (Å²) in [6.07, 6.45) is -4.71. The van der Waals surface area contributed by atoms with E-state index in [2.05, 4.69) is 0 Å². The fourth-order valence-corrected chi connectivity index (χ4v) is 3.14. The first kappa shape index (κ1) is 14.8. The standard InChI is InChI=1S/C13H18O5S/c1-7-4-2-3-5-9(7)19-13-12(17)11(16)10(15)8(6-14)18-13/h2-5,8,10-17H,6H2,1H3/t8-,10-,11+,12-,13+/m1/s1. The molecule has 5 atom stereocenters. The zero-order valence-electron chi connectivity index (χ0n) is 10.5. The maximum atomic E-state index is 9.94. The van der Waals surface area contributed by atoms with E-state index in [1.165, 1.54) is 11.8 Å². The number of hydrogen-bond donors (Lipinski definition) is 4. The quantitative estimate of drug-likeness (QED) is 0.620. The summed E-state index contributed by atoms with van der Waals surface area (Å²) in [7, 11) is 0. The molecule has 0 saturated carbocycles. The summed E-state index contributed by atoms with van der Waals surface area (Å²) >= 11 is 1.27. The van der Waals surface area contributed by atoms with Crippen molar-refractivity contribution in [2.24, 2.45) is 0 Å². The van der Waals surface area contributed by atoms with Gasteiger partial charge in [0.15, 0.2) is 0 Å². The number of aryl methyl sites for hydroxylation is 1. The normalized spacial score (nSPS) is 35.3. The van der Waals surface area contributed by atoms with Crippen molar-refractivity contribution >= 4 is 11.8 Å². The van der Waals surface area contributed by atoms with Crippen LogP contribution in [0, 0.1) is 6.92 Å². The van der Waals surface area contributed by atoms with Crippen LogP contribution in [-0.4, -0.2) is 56.9 Å². The van der Waals surface area contributed by atoms with Crippen molar-refractivity contribution < 1.29 is 25.2 Å². The Hall–Kier alpha value is -0.630. The van der Waals surface area contributed by atoms with Gasteiger partial charge in [-0.3, -0.25) is 0 Å². The Bertz CT molecular complexity index is 425. The second-order valence-corrected chi connectivity index (χ2v) is 5.72. The fourth-order valence-electron chi connectivity index (χ4n) is 1.98. The van der Waals surface area contributed by atoms with E-state index in [0.29, 0.717) is 0 Å². The highest BCUT2D eigenvalue weighted by Crippen LogP contribution is 2.34. The zero-order chi connectivity index (χ0) is 14.0. The molecule has 0 aromatic heterocycles. The molecule has 1 saturated heterocycles. The van der Waals surface area contributed by atoms with Gasteiger partial charge in [0, 0.05) is 4.90 Å². The van der Waals surface area contributed by atoms with Gasteiger partial charge in [-0.05, 0) is 18.6 Å². The molecule has 1 aromatic rings. The molecule has 0 amide bonds. The van der Waals surface area contributed by atoms with Gasteiger partial charge in [0.05, 0.1) is 6.61 Å². The molecule has 19 heavy (non-hydrogen) atoms. The lowest BCUT2D eigenvalue weighted by Crippen LogP contribution is -2.57. The monoisotopic (exact) mass is 286 g/mol. The van der Waals surface area contributed by atoms with Gasteiger partial charge < -0.3 is 25.2 Å². The van der Waals surface area contributed by atoms with Crippen molar-refractivity contribution in [3.63, 3.8) is 0 Å². The van der Waals surface area contributed by atoms with E-state index < -0.39 is 36.5 Å². The molecule has 1 aromatic carbocycles. The molecule has 106 valence electrons. The predicted octanol–water partition coefficient (Wildman–Crippen LogP) is -0.113. The SMILES string of the molecule is Cc1ccccc1S[C@@H]1O[C@H](CO)[C@@H](O)[C@H](O)[C@H]1O. The molecule has 0 bridgehead atoms. The minimum Gasteiger partial charge on any atom is -0.394 e. The largest absolute Gasteiger partial charge is 0.394 e. The van der Waals surface area contributed by atoms with Crippen molar-refractivity contribution in [3.05, 3.63) is 29.8 Å². The van der Waals surface area contributed by atoms with Crippen molar-refractivity contribution in [1.82, 2.24) is 0 Å². The third kappa shape index (κ3) is 3.10. The lowest BCUT2D eigenvalue weighted by atomic mass is 10.0. The summed E-state index contributed by atoms with van der Waals surface area (Å²) in [4.78, 5) is 0.923. The van der Waals surface area contributed by atoms with E-state index in [1.54, 1.807) is 0 Å². The number of thioether (sulfide) groups is 1. The van der Waals surface area contributed by atoms with Gasteiger partial charge in [-0.15, -0.1) is 0 Å². The highest BCUT2D eigenvalue weighted by atomic mass is 32.2. The first-order valence-electron chi connectivity index (χ1n) is 6.07. The Morgan fingerprint density at radius 2 is 1.79 bits per heavy atom. The van der Waals surface area contributed by atoms with Crippen LogP contribution in [0.1, 0.15) is 5.56 Å². The van der Waals surface area contributed by atoms with Crippen molar-refractivity contribution in [3.8, 4) is 0 Å². The molecule has 0 radical (unpaired) electrons. The van der Waals surface area contributed by atoms with Gasteiger partial charge in [0.1, 0.15) is 29.9 Å². The summed E-state index contributed by atoms with van der Waals surface area (Å²) < 4.78 is 5.44. The molecular formula is C13H18O5S. The summed E-state index contributed by atoms with van der Waals surface area (Å²) in [5.41, 5.74) is 0.307. The predicted molar refractivity (Wildman–Crippen MR) is 70.8 cm³/mol. The number of hydrogen-bond acceptors (Lipinski definition) is 6. The van der Waals surface area contributed by atoms with Crippen LogP contribution in [0.2, 0.25) is 0 Å². The molecule has 0 spiro atoms. The molecule has 0 unspecified atom stereocenters. The molecule has 4 N–H and O–H groups in total. The topological polar surface area (TPSA) is 90.2 Å². The minimum atomic E-state index is -1.33. The molecule has 1 aliphatic rings. The highest BCUT2D eigenvalue weighted by Gasteiger charge is 2.43. The number of aliphatic hydroxyl groups excluding tert-OH is 4. The van der Waals surface area contributed by atoms with Crippen LogP contribution >= 0.6 is 11.8 Å². The molecule has 6 heteroatoms. The third-order valence-electron chi connectivity index (χ3n) is 3.19. The third-order valence-corrected chi connectivity index (χ3v) is 4.52. The van der Waals surface area contributed by atoms with Gasteiger partial charge in [-0.2, -0.15) is 0 Å². The van der Waals surface area contributed by atoms with Gasteiger partial charge in [0.25, 0.3) is 0 Å². The van der Waals surface area contributed by atoms with E-state index >= 15 is 0 Å². The Morgan fingerprint density at radius 3 is 2.42 bits per heavy atom. The lowest BCUT2D eigenvalue weighted by molar-refractivity contribution is -0.205. The summed E-state index contributed by atoms with van der Waals surface area (Å²) in [6.45, 7) is 1.53. The Morgan fingerprint density at radius 1 is 1.11 bits per heavy atom. The number of rotatable bonds is 3. The lowest BCUT2D eigenvalue weighted by Gasteiger charge is -2.39. The van der Waals surface area contributed by atoms with E-state index in [-0.39, 0.29) is 0 Å². The van der Waals surface area contributed by atoms with Crippen LogP contribution in [-0.2, 0) is 4.74 Å². The van der Waals surface area contributed by atoms with Gasteiger partial charge in [0.2, 0.25) is 0 Å². The average Bonchev–Trinajstić information content (AvgIpc) is 2.41. The molecule has 1 heterocycles. The molecule has 2 rings (SSSR count). The number of aliphatic hydroxyl groups is 4. The summed E-state index contributed by atoms with van der Waals surface area (Å²) in [5.74, 6) is 0. The van der Waals surface area contributed by atoms with Gasteiger partial charge >= 0.3 is 0 Å². The average molecular weight is 286 g/mol. The van der Waals surface area contributed by atoms with Crippen LogP contribution < -0.4 is 0 Å². The minimum absolute atomic E-state index is 0.407. The van der Waals surface area contributed by atoms with Crippen LogP contribution in [0.15, 0.2) is 29.2 Å². The Balaban J connectivity index is 2.13. The van der Waals surface area contributed by atoms with E-state index in [0.717, 1.165) is 10.5 Å². The maximum Gasteiger partial charge on any atom is 0.136 e. The van der Waals surface area contributed by atoms with Crippen molar-refractivity contribution in [2.45, 2.75) is 41.7 Å². The molecule has 1 aliphatic heterocycles. The van der Waals surface area contributed by atoms with Crippen molar-refractivity contribution in [1.29, 1.82) is 0 Å². The molecule has 5 nitrogen and oxygen atoms in total. The second-order valence-electron chi connectivity index (χ2n) is 4.58. The van der Waals surface area contributed by atoms with Gasteiger partial charge in [-0.1, -0.05) is 30.0 Å². The van der Waals surface area contributed by atoms with Gasteiger partial charge in [-0.25, -0.2) is 0 Å². The zero-order valence-corrected chi connectivity index (χ0v) is 11.3. The van der Waals surface area contributed by atoms with Crippen LogP contribution in [0.3, 0.4) is 0 Å². The molecule has 0 aliphatic carbocycles. The van der Waals surface area contributed by atoms with E-state index in [4.69, 9.17) is 9.84 Å². The van der Waals surface area contributed by atoms with Crippen LogP contribution in [0.25, 0.3) is 0 Å². The molecule has 1 fully saturated rings. The first-order valence-corrected chi connectivity index (χ1v) is 6.95. The number of benzene rings is 1. The Labute approximate surface area is 115 Å². The highest BCUT2D eigenvalue weighted by molar-refractivity contribution is 7.99. The fraction of sp³-hybridized carbons (Fsp3) is 0.538.